The number of carbonyl (C=O) groups excluding carboxylic acids is 2. The van der Waals surface area contributed by atoms with Crippen LogP contribution >= 0.6 is 0 Å². The van der Waals surface area contributed by atoms with Crippen LogP contribution in [0.4, 0.5) is 5.69 Å². The minimum absolute atomic E-state index is 0.0605. The third kappa shape index (κ3) is 3.78. The quantitative estimate of drug-likeness (QED) is 0.873. The summed E-state index contributed by atoms with van der Waals surface area (Å²) in [6.07, 6.45) is 2.22. The average molecular weight is 271 g/mol. The number of nitrogens with zero attached hydrogens (tertiary/aromatic N) is 1. The lowest BCUT2D eigenvalue weighted by atomic mass is 10.0. The molecule has 5 heteroatoms. The van der Waals surface area contributed by atoms with Gasteiger partial charge < -0.3 is 11.1 Å². The number of anilines is 1. The van der Waals surface area contributed by atoms with Crippen LogP contribution in [0.5, 0.6) is 0 Å². The first-order valence-corrected chi connectivity index (χ1v) is 6.47. The summed E-state index contributed by atoms with van der Waals surface area (Å²) < 4.78 is 0. The zero-order chi connectivity index (χ0) is 14.5. The molecule has 1 heterocycles. The fraction of sp³-hybridized carbons (Fsp3) is 0.267. The number of rotatable bonds is 5. The largest absolute Gasteiger partial charge is 0.370 e. The van der Waals surface area contributed by atoms with Gasteiger partial charge in [0, 0.05) is 30.1 Å². The van der Waals surface area contributed by atoms with E-state index in [0.29, 0.717) is 0 Å². The van der Waals surface area contributed by atoms with Crippen LogP contribution in [0.1, 0.15) is 19.8 Å². The number of hydrogen-bond acceptors (Lipinski definition) is 3. The van der Waals surface area contributed by atoms with Crippen molar-refractivity contribution in [2.24, 2.45) is 11.7 Å². The van der Waals surface area contributed by atoms with E-state index in [1.165, 1.54) is 0 Å². The van der Waals surface area contributed by atoms with E-state index in [2.05, 4.69) is 10.3 Å². The first-order chi connectivity index (χ1) is 9.54. The maximum absolute atomic E-state index is 11.9. The van der Waals surface area contributed by atoms with E-state index in [9.17, 15) is 9.59 Å². The molecule has 1 aromatic heterocycles. The highest BCUT2D eigenvalue weighted by molar-refractivity contribution is 5.93. The number of aromatic nitrogens is 1. The molecule has 0 saturated carbocycles. The molecule has 5 nitrogen and oxygen atoms in total. The molecule has 20 heavy (non-hydrogen) atoms. The molecule has 0 radical (unpaired) electrons. The molecular formula is C15H17N3O2. The normalized spacial score (nSPS) is 12.1. The summed E-state index contributed by atoms with van der Waals surface area (Å²) in [6, 6.07) is 9.33. The van der Waals surface area contributed by atoms with Gasteiger partial charge in [0.1, 0.15) is 0 Å². The molecule has 1 aromatic carbocycles. The molecule has 0 aliphatic rings. The number of carbonyl (C=O) groups is 2. The molecule has 2 amide bonds. The summed E-state index contributed by atoms with van der Waals surface area (Å²) in [4.78, 5) is 26.9. The Labute approximate surface area is 117 Å². The van der Waals surface area contributed by atoms with Crippen molar-refractivity contribution >= 4 is 28.4 Å². The van der Waals surface area contributed by atoms with Crippen LogP contribution in [0.3, 0.4) is 0 Å². The van der Waals surface area contributed by atoms with Crippen molar-refractivity contribution in [1.82, 2.24) is 4.98 Å². The fourth-order valence-electron chi connectivity index (χ4n) is 2.10. The lowest BCUT2D eigenvalue weighted by molar-refractivity contribution is -0.119. The van der Waals surface area contributed by atoms with Crippen LogP contribution in [0, 0.1) is 5.92 Å². The second kappa shape index (κ2) is 6.14. The number of hydrogen-bond donors (Lipinski definition) is 2. The van der Waals surface area contributed by atoms with Crippen LogP contribution in [0.25, 0.3) is 10.9 Å². The zero-order valence-corrected chi connectivity index (χ0v) is 11.3. The number of amides is 2. The van der Waals surface area contributed by atoms with Crippen molar-refractivity contribution in [2.45, 2.75) is 19.8 Å². The highest BCUT2D eigenvalue weighted by atomic mass is 16.2. The van der Waals surface area contributed by atoms with Crippen LogP contribution in [0.15, 0.2) is 36.5 Å². The molecule has 3 N–H and O–H groups in total. The molecule has 2 rings (SSSR count). The first-order valence-electron chi connectivity index (χ1n) is 6.47. The Morgan fingerprint density at radius 2 is 2.10 bits per heavy atom. The molecule has 0 unspecified atom stereocenters. The Bertz CT molecular complexity index is 640. The summed E-state index contributed by atoms with van der Waals surface area (Å²) in [5, 5.41) is 3.79. The summed E-state index contributed by atoms with van der Waals surface area (Å²) in [5.41, 5.74) is 6.71. The van der Waals surface area contributed by atoms with Crippen molar-refractivity contribution < 1.29 is 9.59 Å². The number of fused-ring (bicyclic) bond motifs is 1. The topological polar surface area (TPSA) is 85.1 Å². The Balaban J connectivity index is 2.00. The monoisotopic (exact) mass is 271 g/mol. The average Bonchev–Trinajstić information content (AvgIpc) is 2.37. The highest BCUT2D eigenvalue weighted by Gasteiger charge is 2.11. The SMILES string of the molecule is C[C@@H](CC(N)=O)CC(=O)Nc1ccc2ncccc2c1. The molecule has 0 saturated heterocycles. The van der Waals surface area contributed by atoms with Crippen molar-refractivity contribution in [3.05, 3.63) is 36.5 Å². The van der Waals surface area contributed by atoms with E-state index < -0.39 is 0 Å². The maximum Gasteiger partial charge on any atom is 0.224 e. The standard InChI is InChI=1S/C15H17N3O2/c1-10(7-14(16)19)8-15(20)18-12-4-5-13-11(9-12)3-2-6-17-13/h2-6,9-10H,7-8H2,1H3,(H2,16,19)(H,18,20)/t10-/m0/s1. The Kier molecular flexibility index (Phi) is 4.30. The van der Waals surface area contributed by atoms with Gasteiger partial charge in [0.2, 0.25) is 11.8 Å². The summed E-state index contributed by atoms with van der Waals surface area (Å²) in [6.45, 7) is 1.83. The van der Waals surface area contributed by atoms with Crippen LogP contribution < -0.4 is 11.1 Å². The fourth-order valence-corrected chi connectivity index (χ4v) is 2.10. The van der Waals surface area contributed by atoms with Crippen LogP contribution in [-0.4, -0.2) is 16.8 Å². The van der Waals surface area contributed by atoms with Gasteiger partial charge in [0.25, 0.3) is 0 Å². The molecule has 0 fully saturated rings. The van der Waals surface area contributed by atoms with Crippen molar-refractivity contribution in [3.8, 4) is 0 Å². The molecule has 0 aliphatic heterocycles. The van der Waals surface area contributed by atoms with Gasteiger partial charge in [0.15, 0.2) is 0 Å². The lowest BCUT2D eigenvalue weighted by Gasteiger charge is -2.10. The number of benzene rings is 1. The minimum Gasteiger partial charge on any atom is -0.370 e. The maximum atomic E-state index is 11.9. The van der Waals surface area contributed by atoms with Gasteiger partial charge in [-0.1, -0.05) is 13.0 Å². The van der Waals surface area contributed by atoms with Crippen molar-refractivity contribution in [2.75, 3.05) is 5.32 Å². The molecule has 1 atom stereocenters. The Morgan fingerprint density at radius 3 is 2.85 bits per heavy atom. The van der Waals surface area contributed by atoms with E-state index in [-0.39, 0.29) is 30.6 Å². The lowest BCUT2D eigenvalue weighted by Crippen LogP contribution is -2.20. The molecule has 2 aromatic rings. The number of nitrogens with one attached hydrogen (secondary N) is 1. The smallest absolute Gasteiger partial charge is 0.224 e. The molecular weight excluding hydrogens is 254 g/mol. The second-order valence-electron chi connectivity index (χ2n) is 4.94. The third-order valence-corrected chi connectivity index (χ3v) is 2.97. The minimum atomic E-state index is -0.387. The molecule has 0 aliphatic carbocycles. The Morgan fingerprint density at radius 1 is 1.30 bits per heavy atom. The predicted octanol–water partition coefficient (Wildman–Crippen LogP) is 2.07. The van der Waals surface area contributed by atoms with Gasteiger partial charge in [-0.15, -0.1) is 0 Å². The van der Waals surface area contributed by atoms with E-state index >= 15 is 0 Å². The zero-order valence-electron chi connectivity index (χ0n) is 11.3. The van der Waals surface area contributed by atoms with Gasteiger partial charge in [-0.25, -0.2) is 0 Å². The van der Waals surface area contributed by atoms with E-state index in [4.69, 9.17) is 5.73 Å². The summed E-state index contributed by atoms with van der Waals surface area (Å²) >= 11 is 0. The second-order valence-corrected chi connectivity index (χ2v) is 4.94. The van der Waals surface area contributed by atoms with Crippen molar-refractivity contribution in [1.29, 1.82) is 0 Å². The summed E-state index contributed by atoms with van der Waals surface area (Å²) in [7, 11) is 0. The first kappa shape index (κ1) is 14.0. The highest BCUT2D eigenvalue weighted by Crippen LogP contribution is 2.18. The van der Waals surface area contributed by atoms with Crippen LogP contribution in [-0.2, 0) is 9.59 Å². The van der Waals surface area contributed by atoms with Gasteiger partial charge in [-0.2, -0.15) is 0 Å². The Hall–Kier alpha value is -2.43. The van der Waals surface area contributed by atoms with E-state index in [0.717, 1.165) is 16.6 Å². The van der Waals surface area contributed by atoms with Gasteiger partial charge in [0.05, 0.1) is 5.52 Å². The van der Waals surface area contributed by atoms with Gasteiger partial charge in [-0.3, -0.25) is 14.6 Å². The number of nitrogens with two attached hydrogens (primary N) is 1. The number of pyridine rings is 1. The molecule has 0 bridgehead atoms. The van der Waals surface area contributed by atoms with Gasteiger partial charge in [-0.05, 0) is 30.2 Å². The van der Waals surface area contributed by atoms with E-state index in [1.54, 1.807) is 6.20 Å². The third-order valence-electron chi connectivity index (χ3n) is 2.97. The summed E-state index contributed by atoms with van der Waals surface area (Å²) in [5.74, 6) is -0.571. The predicted molar refractivity (Wildman–Crippen MR) is 78.0 cm³/mol. The van der Waals surface area contributed by atoms with Crippen molar-refractivity contribution in [3.63, 3.8) is 0 Å². The van der Waals surface area contributed by atoms with E-state index in [1.807, 2.05) is 37.3 Å². The number of primary amides is 1. The van der Waals surface area contributed by atoms with Gasteiger partial charge >= 0.3 is 0 Å². The molecule has 0 spiro atoms. The van der Waals surface area contributed by atoms with Crippen LogP contribution in [0.2, 0.25) is 0 Å². The molecule has 104 valence electrons.